The summed E-state index contributed by atoms with van der Waals surface area (Å²) < 4.78 is 30.9. The third-order valence-electron chi connectivity index (χ3n) is 6.88. The molecule has 9 nitrogen and oxygen atoms in total. The molecule has 12 heteroatoms. The second-order valence-electron chi connectivity index (χ2n) is 9.29. The van der Waals surface area contributed by atoms with E-state index in [4.69, 9.17) is 17.3 Å². The van der Waals surface area contributed by atoms with Crippen molar-refractivity contribution < 1.29 is 18.7 Å². The number of amides is 1. The molecule has 0 unspecified atom stereocenters. The van der Waals surface area contributed by atoms with Gasteiger partial charge in [-0.2, -0.15) is 4.98 Å². The Hall–Kier alpha value is -3.05. The maximum atomic E-state index is 14.6. The van der Waals surface area contributed by atoms with Crippen molar-refractivity contribution in [2.75, 3.05) is 10.6 Å². The van der Waals surface area contributed by atoms with Crippen LogP contribution in [0.3, 0.4) is 0 Å². The third-order valence-corrected chi connectivity index (χ3v) is 7.10. The lowest BCUT2D eigenvalue weighted by Crippen LogP contribution is -2.29. The highest BCUT2D eigenvalue weighted by molar-refractivity contribution is 6.30. The van der Waals surface area contributed by atoms with Gasteiger partial charge in [-0.3, -0.25) is 9.36 Å². The van der Waals surface area contributed by atoms with Crippen LogP contribution in [0.5, 0.6) is 0 Å². The van der Waals surface area contributed by atoms with Gasteiger partial charge in [0.05, 0.1) is 12.3 Å². The van der Waals surface area contributed by atoms with Gasteiger partial charge in [-0.15, -0.1) is 0 Å². The Morgan fingerprint density at radius 3 is 2.46 bits per heavy atom. The number of nitrogens with two attached hydrogens (primary N) is 1. The molecule has 0 radical (unpaired) electrons. The second-order valence-corrected chi connectivity index (χ2v) is 9.73. The number of benzene rings is 1. The standard InChI is InChI=1S/C23H26ClF2N7O2/c24-12-7-16(25)19(17(26)8-12)31-23-30-18-10-28-22(29-13-3-6-15(34)9-13)32-21(18)33(23)14-4-1-11(2-5-14)20(27)35/h7-8,10-11,13-15,34H,1-6,9H2,(H2,27,35)(H,30,31)(H,28,29,32)/t11-,13-,14+,15+/m1/s1. The van der Waals surface area contributed by atoms with Crippen molar-refractivity contribution in [2.45, 2.75) is 63.1 Å². The fourth-order valence-electron chi connectivity index (χ4n) is 5.06. The normalized spacial score (nSPS) is 24.6. The number of aliphatic hydroxyl groups is 1. The van der Waals surface area contributed by atoms with Crippen LogP contribution < -0.4 is 16.4 Å². The first-order chi connectivity index (χ1) is 16.8. The summed E-state index contributed by atoms with van der Waals surface area (Å²) in [5, 5.41) is 15.8. The van der Waals surface area contributed by atoms with Gasteiger partial charge in [-0.05, 0) is 57.1 Å². The molecule has 186 valence electrons. The number of halogens is 3. The number of carbonyl (C=O) groups excluding carboxylic acids is 1. The molecule has 0 saturated heterocycles. The Bertz CT molecular complexity index is 1240. The van der Waals surface area contributed by atoms with E-state index >= 15 is 0 Å². The zero-order valence-corrected chi connectivity index (χ0v) is 19.6. The van der Waals surface area contributed by atoms with Crippen molar-refractivity contribution in [3.8, 4) is 0 Å². The summed E-state index contributed by atoms with van der Waals surface area (Å²) in [6, 6.07) is 1.98. The van der Waals surface area contributed by atoms with E-state index in [1.165, 1.54) is 0 Å². The van der Waals surface area contributed by atoms with Crippen LogP contribution in [0.1, 0.15) is 51.0 Å². The van der Waals surface area contributed by atoms with Crippen molar-refractivity contribution in [3.63, 3.8) is 0 Å². The molecule has 2 heterocycles. The monoisotopic (exact) mass is 505 g/mol. The van der Waals surface area contributed by atoms with Crippen molar-refractivity contribution in [1.29, 1.82) is 0 Å². The highest BCUT2D eigenvalue weighted by Gasteiger charge is 2.30. The maximum absolute atomic E-state index is 14.6. The van der Waals surface area contributed by atoms with Crippen LogP contribution in [0.4, 0.5) is 26.4 Å². The van der Waals surface area contributed by atoms with Gasteiger partial charge in [0.25, 0.3) is 0 Å². The van der Waals surface area contributed by atoms with Crippen LogP contribution in [-0.2, 0) is 4.79 Å². The number of nitrogens with zero attached hydrogens (tertiary/aromatic N) is 4. The average Bonchev–Trinajstić information content (AvgIpc) is 3.38. The van der Waals surface area contributed by atoms with E-state index in [1.54, 1.807) is 6.20 Å². The van der Waals surface area contributed by atoms with E-state index in [2.05, 4.69) is 25.6 Å². The molecule has 2 aromatic heterocycles. The Morgan fingerprint density at radius 2 is 1.83 bits per heavy atom. The molecule has 5 N–H and O–H groups in total. The highest BCUT2D eigenvalue weighted by atomic mass is 35.5. The quantitative estimate of drug-likeness (QED) is 0.397. The minimum Gasteiger partial charge on any atom is -0.393 e. The predicted molar refractivity (Wildman–Crippen MR) is 127 cm³/mol. The summed E-state index contributed by atoms with van der Waals surface area (Å²) in [5.74, 6) is -1.62. The van der Waals surface area contributed by atoms with Crippen molar-refractivity contribution in [3.05, 3.63) is 35.0 Å². The topological polar surface area (TPSA) is 131 Å². The van der Waals surface area contributed by atoms with E-state index in [9.17, 15) is 18.7 Å². The van der Waals surface area contributed by atoms with E-state index in [-0.39, 0.29) is 46.7 Å². The predicted octanol–water partition coefficient (Wildman–Crippen LogP) is 4.04. The van der Waals surface area contributed by atoms with Crippen LogP contribution >= 0.6 is 11.6 Å². The van der Waals surface area contributed by atoms with Crippen molar-refractivity contribution >= 4 is 46.3 Å². The summed E-state index contributed by atoms with van der Waals surface area (Å²) in [5.41, 5.74) is 6.08. The van der Waals surface area contributed by atoms with Crippen LogP contribution in [0.15, 0.2) is 18.3 Å². The van der Waals surface area contributed by atoms with Crippen LogP contribution in [0, 0.1) is 17.6 Å². The van der Waals surface area contributed by atoms with Crippen LogP contribution in [-0.4, -0.2) is 42.7 Å². The summed E-state index contributed by atoms with van der Waals surface area (Å²) in [6.07, 6.45) is 5.79. The van der Waals surface area contributed by atoms with E-state index in [0.29, 0.717) is 55.6 Å². The summed E-state index contributed by atoms with van der Waals surface area (Å²) in [4.78, 5) is 25.2. The molecular weight excluding hydrogens is 480 g/mol. The van der Waals surface area contributed by atoms with E-state index in [0.717, 1.165) is 18.6 Å². The van der Waals surface area contributed by atoms with Gasteiger partial charge in [0.15, 0.2) is 17.3 Å². The Labute approximate surface area is 205 Å². The molecule has 3 aromatic rings. The lowest BCUT2D eigenvalue weighted by molar-refractivity contribution is -0.122. The van der Waals surface area contributed by atoms with E-state index < -0.39 is 11.6 Å². The number of primary amides is 1. The summed E-state index contributed by atoms with van der Waals surface area (Å²) in [7, 11) is 0. The number of carbonyl (C=O) groups is 1. The number of aromatic nitrogens is 4. The number of imidazole rings is 1. The fourth-order valence-corrected chi connectivity index (χ4v) is 5.25. The number of nitrogens with one attached hydrogen (secondary N) is 2. The molecule has 2 fully saturated rings. The molecular formula is C23H26ClF2N7O2. The Balaban J connectivity index is 1.52. The van der Waals surface area contributed by atoms with Crippen LogP contribution in [0.2, 0.25) is 5.02 Å². The number of aliphatic hydroxyl groups excluding tert-OH is 1. The van der Waals surface area contributed by atoms with Crippen LogP contribution in [0.25, 0.3) is 11.2 Å². The van der Waals surface area contributed by atoms with Crippen molar-refractivity contribution in [1.82, 2.24) is 19.5 Å². The van der Waals surface area contributed by atoms with Gasteiger partial charge in [-0.1, -0.05) is 11.6 Å². The number of rotatable bonds is 6. The summed E-state index contributed by atoms with van der Waals surface area (Å²) >= 11 is 5.77. The first-order valence-corrected chi connectivity index (χ1v) is 12.1. The van der Waals surface area contributed by atoms with Gasteiger partial charge < -0.3 is 21.5 Å². The van der Waals surface area contributed by atoms with Crippen molar-refractivity contribution in [2.24, 2.45) is 11.7 Å². The molecule has 2 atom stereocenters. The van der Waals surface area contributed by atoms with E-state index in [1.807, 2.05) is 4.57 Å². The maximum Gasteiger partial charge on any atom is 0.224 e. The smallest absolute Gasteiger partial charge is 0.224 e. The van der Waals surface area contributed by atoms with Gasteiger partial charge in [0, 0.05) is 23.0 Å². The largest absolute Gasteiger partial charge is 0.393 e. The molecule has 35 heavy (non-hydrogen) atoms. The molecule has 0 spiro atoms. The Morgan fingerprint density at radius 1 is 1.11 bits per heavy atom. The Kier molecular flexibility index (Phi) is 6.45. The van der Waals surface area contributed by atoms with Gasteiger partial charge >= 0.3 is 0 Å². The first kappa shape index (κ1) is 23.7. The number of fused-ring (bicyclic) bond motifs is 1. The molecule has 1 aromatic carbocycles. The molecule has 2 aliphatic rings. The molecule has 5 rings (SSSR count). The minimum atomic E-state index is -0.848. The van der Waals surface area contributed by atoms with Gasteiger partial charge in [-0.25, -0.2) is 18.7 Å². The van der Waals surface area contributed by atoms with Gasteiger partial charge in [0.1, 0.15) is 11.2 Å². The number of hydrogen-bond acceptors (Lipinski definition) is 7. The zero-order valence-electron chi connectivity index (χ0n) is 18.8. The lowest BCUT2D eigenvalue weighted by Gasteiger charge is -2.29. The second kappa shape index (κ2) is 9.54. The molecule has 0 aliphatic heterocycles. The lowest BCUT2D eigenvalue weighted by atomic mass is 9.85. The molecule has 0 bridgehead atoms. The first-order valence-electron chi connectivity index (χ1n) is 11.7. The number of anilines is 3. The highest BCUT2D eigenvalue weighted by Crippen LogP contribution is 2.38. The minimum absolute atomic E-state index is 0.0533. The summed E-state index contributed by atoms with van der Waals surface area (Å²) in [6.45, 7) is 0. The SMILES string of the molecule is NC(=O)[C@H]1CC[C@@H](n2c(Nc3c(F)cc(Cl)cc3F)nc3cnc(N[C@@H]4CC[C@H](O)C4)nc32)CC1. The number of hydrogen-bond donors (Lipinski definition) is 4. The zero-order chi connectivity index (χ0) is 24.7. The molecule has 2 aliphatic carbocycles. The average molecular weight is 506 g/mol. The van der Waals surface area contributed by atoms with Gasteiger partial charge in [0.2, 0.25) is 17.8 Å². The molecule has 1 amide bonds. The molecule has 2 saturated carbocycles. The fraction of sp³-hybridized carbons (Fsp3) is 0.478. The third kappa shape index (κ3) is 4.87.